The molecule has 0 radical (unpaired) electrons. The minimum Gasteiger partial charge on any atom is -0.378 e. The highest BCUT2D eigenvalue weighted by molar-refractivity contribution is 9.09. The second-order valence-corrected chi connectivity index (χ2v) is 11.6. The summed E-state index contributed by atoms with van der Waals surface area (Å²) in [6.07, 6.45) is 12.9. The van der Waals surface area contributed by atoms with E-state index in [2.05, 4.69) is 34.7 Å². The van der Waals surface area contributed by atoms with Crippen molar-refractivity contribution >= 4 is 21.7 Å². The first-order valence-corrected chi connectivity index (χ1v) is 12.9. The number of Topliss-reactive ketones (excluding diaryl/α,β-unsaturated/α-hetero) is 1. The van der Waals surface area contributed by atoms with E-state index in [0.717, 1.165) is 49.4 Å². The number of carbonyl (C=O) groups excluding carboxylic acids is 1. The van der Waals surface area contributed by atoms with Gasteiger partial charge in [-0.3, -0.25) is 4.79 Å². The summed E-state index contributed by atoms with van der Waals surface area (Å²) in [6.45, 7) is 2.44. The predicted octanol–water partition coefficient (Wildman–Crippen LogP) is 5.36. The maximum absolute atomic E-state index is 12.6. The van der Waals surface area contributed by atoms with Gasteiger partial charge in [-0.1, -0.05) is 34.7 Å². The molecule has 5 rings (SSSR count). The Morgan fingerprint density at radius 2 is 1.79 bits per heavy atom. The Morgan fingerprint density at radius 1 is 1.00 bits per heavy atom. The number of carbonyl (C=O) groups is 1. The van der Waals surface area contributed by atoms with Gasteiger partial charge in [0.05, 0.1) is 5.33 Å². The van der Waals surface area contributed by atoms with E-state index in [0.29, 0.717) is 22.9 Å². The molecule has 0 heterocycles. The number of rotatable bonds is 2. The average Bonchev–Trinajstić information content (AvgIpc) is 3.45. The predicted molar refractivity (Wildman–Crippen MR) is 115 cm³/mol. The van der Waals surface area contributed by atoms with Crippen LogP contribution in [0, 0.1) is 58.7 Å². The minimum atomic E-state index is -0.708. The molecule has 3 heteroatoms. The largest absolute Gasteiger partial charge is 0.378 e. The normalized spacial score (nSPS) is 50.0. The van der Waals surface area contributed by atoms with Crippen molar-refractivity contribution in [2.75, 3.05) is 5.33 Å². The van der Waals surface area contributed by atoms with E-state index in [1.165, 1.54) is 44.9 Å². The van der Waals surface area contributed by atoms with E-state index in [1.807, 2.05) is 0 Å². The van der Waals surface area contributed by atoms with Crippen molar-refractivity contribution in [3.63, 3.8) is 0 Å². The lowest BCUT2D eigenvalue weighted by atomic mass is 9.49. The molecule has 0 aromatic heterocycles. The second kappa shape index (κ2) is 7.12. The van der Waals surface area contributed by atoms with Crippen molar-refractivity contribution < 1.29 is 9.90 Å². The monoisotopic (exact) mass is 446 g/mol. The summed E-state index contributed by atoms with van der Waals surface area (Å²) in [5.74, 6) is 11.8. The smallest absolute Gasteiger partial charge is 0.147 e. The maximum atomic E-state index is 12.6. The van der Waals surface area contributed by atoms with E-state index in [-0.39, 0.29) is 11.3 Å². The summed E-state index contributed by atoms with van der Waals surface area (Å²) in [4.78, 5) is 12.6. The molecular weight excluding hydrogens is 412 g/mol. The zero-order valence-corrected chi connectivity index (χ0v) is 18.8. The lowest BCUT2D eigenvalue weighted by Gasteiger charge is -2.56. The van der Waals surface area contributed by atoms with Crippen molar-refractivity contribution in [2.24, 2.45) is 46.8 Å². The minimum absolute atomic E-state index is 0.240. The van der Waals surface area contributed by atoms with Gasteiger partial charge in [-0.15, -0.1) is 0 Å². The fourth-order valence-electron chi connectivity index (χ4n) is 8.08. The molecule has 2 nitrogen and oxygen atoms in total. The third kappa shape index (κ3) is 3.22. The van der Waals surface area contributed by atoms with Crippen molar-refractivity contribution in [3.8, 4) is 11.8 Å². The molecule has 0 bridgehead atoms. The third-order valence-electron chi connectivity index (χ3n) is 9.62. The van der Waals surface area contributed by atoms with Crippen LogP contribution >= 0.6 is 15.9 Å². The van der Waals surface area contributed by atoms with E-state index in [1.54, 1.807) is 0 Å². The number of ketones is 1. The summed E-state index contributed by atoms with van der Waals surface area (Å²) in [7, 11) is 0. The number of halogens is 1. The molecular formula is C25H35BrO2. The van der Waals surface area contributed by atoms with E-state index in [4.69, 9.17) is 0 Å². The van der Waals surface area contributed by atoms with Gasteiger partial charge >= 0.3 is 0 Å². The number of hydrogen-bond acceptors (Lipinski definition) is 2. The molecule has 5 fully saturated rings. The van der Waals surface area contributed by atoms with Crippen LogP contribution in [-0.4, -0.2) is 21.8 Å². The molecule has 5 saturated carbocycles. The quantitative estimate of drug-likeness (QED) is 0.457. The molecule has 154 valence electrons. The first-order valence-electron chi connectivity index (χ1n) is 11.8. The van der Waals surface area contributed by atoms with Gasteiger partial charge in [-0.2, -0.15) is 0 Å². The highest BCUT2D eigenvalue weighted by Crippen LogP contribution is 2.64. The van der Waals surface area contributed by atoms with Crippen LogP contribution in [0.1, 0.15) is 77.6 Å². The Bertz CT molecular complexity index is 703. The van der Waals surface area contributed by atoms with Gasteiger partial charge < -0.3 is 5.11 Å². The topological polar surface area (TPSA) is 37.3 Å². The Morgan fingerprint density at radius 3 is 2.54 bits per heavy atom. The van der Waals surface area contributed by atoms with Gasteiger partial charge in [0.2, 0.25) is 0 Å². The summed E-state index contributed by atoms with van der Waals surface area (Å²) in [6, 6.07) is 0. The average molecular weight is 447 g/mol. The summed E-state index contributed by atoms with van der Waals surface area (Å²) in [5, 5.41) is 11.6. The van der Waals surface area contributed by atoms with Crippen molar-refractivity contribution in [3.05, 3.63) is 0 Å². The first-order chi connectivity index (χ1) is 13.4. The lowest BCUT2D eigenvalue weighted by molar-refractivity contribution is -0.129. The van der Waals surface area contributed by atoms with Gasteiger partial charge in [0.15, 0.2) is 0 Å². The Labute approximate surface area is 178 Å². The second-order valence-electron chi connectivity index (χ2n) is 11.0. The molecule has 8 atom stereocenters. The number of aliphatic hydroxyl groups is 1. The van der Waals surface area contributed by atoms with Crippen LogP contribution < -0.4 is 0 Å². The Hall–Kier alpha value is -0.330. The highest BCUT2D eigenvalue weighted by Gasteiger charge is 2.58. The SMILES string of the molecule is C[C@]12CC[C@H]3[C@@H](CC[C@@H]4C[C@](O)(C#CC5CC5)CC[C@@H]43)[C@@H]1CC[C@@H]2C(=O)CBr. The fraction of sp³-hybridized carbons (Fsp3) is 0.880. The van der Waals surface area contributed by atoms with E-state index in [9.17, 15) is 9.90 Å². The third-order valence-corrected chi connectivity index (χ3v) is 10.2. The van der Waals surface area contributed by atoms with Crippen LogP contribution in [0.2, 0.25) is 0 Å². The molecule has 0 aliphatic heterocycles. The van der Waals surface area contributed by atoms with Crippen LogP contribution in [-0.2, 0) is 4.79 Å². The standard InChI is InChI=1S/C25H35BrO2/c1-24-11-9-19-18-10-13-25(28,12-8-16-2-3-16)14-17(18)4-5-20(19)21(24)6-7-22(24)23(27)15-26/h16-22,28H,2-7,9-11,13-15H2,1H3/t17-,18+,19-,20-,21+,22-,24+,25+/m1/s1. The maximum Gasteiger partial charge on any atom is 0.147 e. The molecule has 5 aliphatic rings. The molecule has 0 unspecified atom stereocenters. The van der Waals surface area contributed by atoms with Crippen molar-refractivity contribution in [1.29, 1.82) is 0 Å². The summed E-state index contributed by atoms with van der Waals surface area (Å²) >= 11 is 3.43. The summed E-state index contributed by atoms with van der Waals surface area (Å²) < 4.78 is 0. The number of hydrogen-bond donors (Lipinski definition) is 1. The van der Waals surface area contributed by atoms with Gasteiger partial charge in [-0.05, 0) is 106 Å². The molecule has 0 saturated heterocycles. The Kier molecular flexibility index (Phi) is 4.99. The van der Waals surface area contributed by atoms with Crippen LogP contribution in [0.3, 0.4) is 0 Å². The zero-order valence-electron chi connectivity index (χ0n) is 17.3. The van der Waals surface area contributed by atoms with E-state index >= 15 is 0 Å². The van der Waals surface area contributed by atoms with Crippen LogP contribution in [0.4, 0.5) is 0 Å². The lowest BCUT2D eigenvalue weighted by Crippen LogP contribution is -2.51. The van der Waals surface area contributed by atoms with Crippen molar-refractivity contribution in [1.82, 2.24) is 0 Å². The molecule has 1 N–H and O–H groups in total. The summed E-state index contributed by atoms with van der Waals surface area (Å²) in [5.41, 5.74) is -0.468. The molecule has 0 aromatic rings. The molecule has 0 spiro atoms. The van der Waals surface area contributed by atoms with Crippen molar-refractivity contribution in [2.45, 2.75) is 83.2 Å². The zero-order chi connectivity index (χ0) is 19.5. The van der Waals surface area contributed by atoms with Gasteiger partial charge in [0.1, 0.15) is 11.4 Å². The molecule has 28 heavy (non-hydrogen) atoms. The molecule has 0 amide bonds. The van der Waals surface area contributed by atoms with E-state index < -0.39 is 5.60 Å². The van der Waals surface area contributed by atoms with Gasteiger partial charge in [0.25, 0.3) is 0 Å². The number of alkyl halides is 1. The molecule has 5 aliphatic carbocycles. The van der Waals surface area contributed by atoms with Gasteiger partial charge in [-0.25, -0.2) is 0 Å². The van der Waals surface area contributed by atoms with Crippen LogP contribution in [0.15, 0.2) is 0 Å². The van der Waals surface area contributed by atoms with Crippen LogP contribution in [0.5, 0.6) is 0 Å². The van der Waals surface area contributed by atoms with Gasteiger partial charge in [0, 0.05) is 11.8 Å². The first kappa shape index (κ1) is 19.6. The fourth-order valence-corrected chi connectivity index (χ4v) is 8.47. The highest BCUT2D eigenvalue weighted by atomic mass is 79.9. The molecule has 0 aromatic carbocycles. The van der Waals surface area contributed by atoms with Crippen LogP contribution in [0.25, 0.3) is 0 Å². The Balaban J connectivity index is 1.31. The number of fused-ring (bicyclic) bond motifs is 5.